The summed E-state index contributed by atoms with van der Waals surface area (Å²) < 4.78 is 41.7. The fourth-order valence-electron chi connectivity index (χ4n) is 5.57. The van der Waals surface area contributed by atoms with Gasteiger partial charge in [0.25, 0.3) is 5.92 Å². The lowest BCUT2D eigenvalue weighted by molar-refractivity contribution is -0.133. The van der Waals surface area contributed by atoms with E-state index in [4.69, 9.17) is 11.6 Å². The number of carbonyl (C=O) groups is 3. The monoisotopic (exact) mass is 609 g/mol. The van der Waals surface area contributed by atoms with Crippen molar-refractivity contribution in [3.63, 3.8) is 0 Å². The number of hydrogen-bond donors (Lipinski definition) is 1. The van der Waals surface area contributed by atoms with Crippen LogP contribution in [0.2, 0.25) is 5.02 Å². The van der Waals surface area contributed by atoms with Gasteiger partial charge in [0, 0.05) is 60.2 Å². The van der Waals surface area contributed by atoms with Gasteiger partial charge in [0.05, 0.1) is 11.6 Å². The molecule has 8 nitrogen and oxygen atoms in total. The van der Waals surface area contributed by atoms with Crippen molar-refractivity contribution >= 4 is 40.8 Å². The zero-order valence-electron chi connectivity index (χ0n) is 22.9. The average molecular weight is 610 g/mol. The molecule has 12 heteroatoms. The quantitative estimate of drug-likeness (QED) is 0.352. The minimum Gasteiger partial charge on any atom is -0.351 e. The summed E-state index contributed by atoms with van der Waals surface area (Å²) in [6.07, 6.45) is 1.16. The van der Waals surface area contributed by atoms with Gasteiger partial charge in [-0.05, 0) is 49.2 Å². The fourth-order valence-corrected chi connectivity index (χ4v) is 5.81. The number of halogens is 4. The molecule has 3 amide bonds. The second-order valence-corrected chi connectivity index (χ2v) is 11.1. The summed E-state index contributed by atoms with van der Waals surface area (Å²) in [7, 11) is 0. The first kappa shape index (κ1) is 30.0. The number of pyridine rings is 1. The maximum atomic E-state index is 14.5. The van der Waals surface area contributed by atoms with Crippen LogP contribution in [0.15, 0.2) is 66.9 Å². The van der Waals surface area contributed by atoms with Gasteiger partial charge in [0.15, 0.2) is 0 Å². The van der Waals surface area contributed by atoms with Gasteiger partial charge in [-0.2, -0.15) is 5.26 Å². The Morgan fingerprint density at radius 3 is 2.63 bits per heavy atom. The number of rotatable bonds is 8. The van der Waals surface area contributed by atoms with Gasteiger partial charge >= 0.3 is 0 Å². The molecule has 1 saturated heterocycles. The Labute approximate surface area is 251 Å². The number of aromatic nitrogens is 1. The summed E-state index contributed by atoms with van der Waals surface area (Å²) in [5, 5.41) is 12.1. The molecule has 0 spiro atoms. The van der Waals surface area contributed by atoms with Gasteiger partial charge in [-0.25, -0.2) is 18.2 Å². The molecule has 222 valence electrons. The van der Waals surface area contributed by atoms with E-state index in [1.807, 2.05) is 6.07 Å². The Morgan fingerprint density at radius 2 is 1.93 bits per heavy atom. The predicted molar refractivity (Wildman–Crippen MR) is 153 cm³/mol. The second kappa shape index (κ2) is 12.4. The third-order valence-electron chi connectivity index (χ3n) is 7.59. The molecule has 1 aliphatic carbocycles. The second-order valence-electron chi connectivity index (χ2n) is 10.7. The van der Waals surface area contributed by atoms with Gasteiger partial charge in [0.1, 0.15) is 17.7 Å². The van der Waals surface area contributed by atoms with E-state index < -0.39 is 54.5 Å². The van der Waals surface area contributed by atoms with Crippen molar-refractivity contribution in [2.75, 3.05) is 9.80 Å². The van der Waals surface area contributed by atoms with E-state index in [9.17, 15) is 32.8 Å². The van der Waals surface area contributed by atoms with Crippen molar-refractivity contribution in [1.29, 1.82) is 5.26 Å². The molecule has 1 aliphatic heterocycles. The number of nitrogens with one attached hydrogen (secondary N) is 1. The maximum absolute atomic E-state index is 14.5. The van der Waals surface area contributed by atoms with E-state index in [1.165, 1.54) is 53.6 Å². The SMILES string of the molecule is N#Cc1ccnc(N2C(=O)CCC[C@H]2CC(=O)N(c2cccc(F)c2)[C@H](C(=O)NC2CC(F)(F)C2)c2ccccc2Cl)c1. The van der Waals surface area contributed by atoms with Crippen LogP contribution in [-0.4, -0.2) is 40.7 Å². The van der Waals surface area contributed by atoms with E-state index in [2.05, 4.69) is 10.3 Å². The van der Waals surface area contributed by atoms with Crippen LogP contribution < -0.4 is 15.1 Å². The molecule has 2 aliphatic rings. The van der Waals surface area contributed by atoms with Crippen LogP contribution in [0.5, 0.6) is 0 Å². The van der Waals surface area contributed by atoms with Crippen LogP contribution in [-0.2, 0) is 14.4 Å². The number of nitrogens with zero attached hydrogens (tertiary/aromatic N) is 4. The van der Waals surface area contributed by atoms with E-state index in [0.29, 0.717) is 12.8 Å². The third-order valence-corrected chi connectivity index (χ3v) is 7.94. The first-order chi connectivity index (χ1) is 20.6. The maximum Gasteiger partial charge on any atom is 0.252 e. The molecule has 5 rings (SSSR count). The summed E-state index contributed by atoms with van der Waals surface area (Å²) in [5.74, 6) is -5.03. The first-order valence-electron chi connectivity index (χ1n) is 13.7. The van der Waals surface area contributed by atoms with Crippen LogP contribution in [0.3, 0.4) is 0 Å². The number of amides is 3. The van der Waals surface area contributed by atoms with Crippen LogP contribution >= 0.6 is 11.6 Å². The number of carbonyl (C=O) groups excluding carboxylic acids is 3. The van der Waals surface area contributed by atoms with Crippen LogP contribution in [0, 0.1) is 17.1 Å². The highest BCUT2D eigenvalue weighted by molar-refractivity contribution is 6.31. The lowest BCUT2D eigenvalue weighted by atomic mass is 9.87. The number of alkyl halides is 2. The van der Waals surface area contributed by atoms with Gasteiger partial charge in [0.2, 0.25) is 17.7 Å². The van der Waals surface area contributed by atoms with Crippen molar-refractivity contribution in [3.05, 3.63) is 88.8 Å². The number of benzene rings is 2. The topological polar surface area (TPSA) is 106 Å². The van der Waals surface area contributed by atoms with Crippen LogP contribution in [0.1, 0.15) is 55.7 Å². The molecule has 1 aromatic heterocycles. The highest BCUT2D eigenvalue weighted by Gasteiger charge is 2.47. The molecule has 0 unspecified atom stereocenters. The van der Waals surface area contributed by atoms with E-state index >= 15 is 0 Å². The Bertz CT molecular complexity index is 1590. The first-order valence-corrected chi connectivity index (χ1v) is 14.1. The minimum atomic E-state index is -2.90. The van der Waals surface area contributed by atoms with Gasteiger partial charge in [-0.15, -0.1) is 0 Å². The number of hydrogen-bond acceptors (Lipinski definition) is 5. The lowest BCUT2D eigenvalue weighted by Gasteiger charge is -2.39. The third kappa shape index (κ3) is 6.65. The van der Waals surface area contributed by atoms with Gasteiger partial charge in [-0.1, -0.05) is 35.9 Å². The number of nitriles is 1. The Hall–Kier alpha value is -4.43. The molecule has 3 aromatic rings. The summed E-state index contributed by atoms with van der Waals surface area (Å²) in [6.45, 7) is 0. The highest BCUT2D eigenvalue weighted by Crippen LogP contribution is 2.39. The summed E-state index contributed by atoms with van der Waals surface area (Å²) in [6, 6.07) is 13.4. The molecule has 1 saturated carbocycles. The van der Waals surface area contributed by atoms with Crippen LogP contribution in [0.25, 0.3) is 0 Å². The zero-order chi connectivity index (χ0) is 30.7. The molecule has 1 N–H and O–H groups in total. The molecule has 43 heavy (non-hydrogen) atoms. The summed E-state index contributed by atoms with van der Waals surface area (Å²) in [5.41, 5.74) is 0.541. The van der Waals surface area contributed by atoms with Crippen molar-refractivity contribution in [2.24, 2.45) is 0 Å². The predicted octanol–water partition coefficient (Wildman–Crippen LogP) is 5.71. The van der Waals surface area contributed by atoms with Crippen molar-refractivity contribution in [2.45, 2.75) is 62.6 Å². The van der Waals surface area contributed by atoms with Crippen molar-refractivity contribution in [3.8, 4) is 6.07 Å². The molecular formula is C31H27ClF3N5O3. The standard InChI is InChI=1S/C31H27ClF3N5O3/c32-25-9-2-1-8-24(25)29(30(43)38-21-16-31(34,35)17-21)40(22-6-3-5-20(33)14-22)28(42)15-23-7-4-10-27(41)39(23)26-13-19(18-36)11-12-37-26/h1-3,5-6,8-9,11-14,21,23,29H,4,7,10,15-17H2,(H,38,43)/t23-,29-/m0/s1. The molecule has 0 radical (unpaired) electrons. The van der Waals surface area contributed by atoms with E-state index in [-0.39, 0.29) is 46.4 Å². The molecule has 2 fully saturated rings. The van der Waals surface area contributed by atoms with E-state index in [1.54, 1.807) is 12.1 Å². The largest absolute Gasteiger partial charge is 0.351 e. The van der Waals surface area contributed by atoms with Crippen molar-refractivity contribution in [1.82, 2.24) is 10.3 Å². The minimum absolute atomic E-state index is 0.0438. The molecule has 2 aromatic carbocycles. The molecule has 0 bridgehead atoms. The lowest BCUT2D eigenvalue weighted by Crippen LogP contribution is -2.54. The Morgan fingerprint density at radius 1 is 1.16 bits per heavy atom. The number of anilines is 2. The van der Waals surface area contributed by atoms with E-state index in [0.717, 1.165) is 11.0 Å². The highest BCUT2D eigenvalue weighted by atomic mass is 35.5. The van der Waals surface area contributed by atoms with Gasteiger partial charge < -0.3 is 5.32 Å². The molecule has 2 atom stereocenters. The van der Waals surface area contributed by atoms with Crippen LogP contribution in [0.4, 0.5) is 24.7 Å². The molecular weight excluding hydrogens is 583 g/mol. The average Bonchev–Trinajstić information content (AvgIpc) is 2.95. The Balaban J connectivity index is 1.54. The fraction of sp³-hybridized carbons (Fsp3) is 0.323. The normalized spacial score (nSPS) is 18.7. The number of piperidine rings is 1. The van der Waals surface area contributed by atoms with Gasteiger partial charge in [-0.3, -0.25) is 24.2 Å². The smallest absolute Gasteiger partial charge is 0.252 e. The molecule has 2 heterocycles. The summed E-state index contributed by atoms with van der Waals surface area (Å²) in [4.78, 5) is 47.9. The van der Waals surface area contributed by atoms with Crippen molar-refractivity contribution < 1.29 is 27.6 Å². The Kier molecular flexibility index (Phi) is 8.69. The zero-order valence-corrected chi connectivity index (χ0v) is 23.6. The summed E-state index contributed by atoms with van der Waals surface area (Å²) >= 11 is 6.50.